The van der Waals surface area contributed by atoms with Crippen LogP contribution in [0.5, 0.6) is 0 Å². The number of thioether (sulfide) groups is 1. The second-order valence-electron chi connectivity index (χ2n) is 10.6. The molecule has 0 aliphatic carbocycles. The SMILES string of the molecule is Cc1cccc(-n2c(SCC(=O)N[C@@H](C)CCc3ccccc3)nc3sc4c(c3c2=O)CC(C)(C)OC4)c1. The van der Waals surface area contributed by atoms with Crippen LogP contribution >= 0.6 is 23.1 Å². The molecule has 1 amide bonds. The summed E-state index contributed by atoms with van der Waals surface area (Å²) in [6.07, 6.45) is 2.44. The van der Waals surface area contributed by atoms with Crippen molar-refractivity contribution < 1.29 is 9.53 Å². The number of ether oxygens (including phenoxy) is 1. The molecule has 0 unspecified atom stereocenters. The Morgan fingerprint density at radius 1 is 1.21 bits per heavy atom. The van der Waals surface area contributed by atoms with Crippen LogP contribution in [0.15, 0.2) is 64.5 Å². The summed E-state index contributed by atoms with van der Waals surface area (Å²) in [5.41, 5.74) is 3.70. The molecule has 38 heavy (non-hydrogen) atoms. The molecule has 2 aromatic carbocycles. The van der Waals surface area contributed by atoms with Crippen LogP contribution in [0.25, 0.3) is 15.9 Å². The van der Waals surface area contributed by atoms with E-state index in [9.17, 15) is 9.59 Å². The topological polar surface area (TPSA) is 73.2 Å². The van der Waals surface area contributed by atoms with Gasteiger partial charge in [0, 0.05) is 17.3 Å². The summed E-state index contributed by atoms with van der Waals surface area (Å²) in [4.78, 5) is 33.6. The van der Waals surface area contributed by atoms with Gasteiger partial charge in [-0.05, 0) is 69.4 Å². The van der Waals surface area contributed by atoms with E-state index < -0.39 is 0 Å². The summed E-state index contributed by atoms with van der Waals surface area (Å²) in [6, 6.07) is 18.2. The maximum atomic E-state index is 14.0. The molecule has 8 heteroatoms. The van der Waals surface area contributed by atoms with Gasteiger partial charge in [-0.3, -0.25) is 14.2 Å². The van der Waals surface area contributed by atoms with Gasteiger partial charge in [-0.2, -0.15) is 0 Å². The molecule has 0 bridgehead atoms. The van der Waals surface area contributed by atoms with E-state index in [1.807, 2.05) is 56.3 Å². The van der Waals surface area contributed by atoms with Crippen molar-refractivity contribution in [3.05, 3.63) is 86.5 Å². The molecule has 0 saturated carbocycles. The number of nitrogens with zero attached hydrogens (tertiary/aromatic N) is 2. The lowest BCUT2D eigenvalue weighted by atomic mass is 9.94. The number of rotatable bonds is 8. The van der Waals surface area contributed by atoms with E-state index in [2.05, 4.69) is 31.3 Å². The van der Waals surface area contributed by atoms with Crippen molar-refractivity contribution >= 4 is 39.2 Å². The van der Waals surface area contributed by atoms with Gasteiger partial charge in [-0.15, -0.1) is 11.3 Å². The lowest BCUT2D eigenvalue weighted by Gasteiger charge is -2.29. The Morgan fingerprint density at radius 3 is 2.76 bits per heavy atom. The number of carbonyl (C=O) groups is 1. The predicted molar refractivity (Wildman–Crippen MR) is 156 cm³/mol. The molecule has 0 saturated heterocycles. The predicted octanol–water partition coefficient (Wildman–Crippen LogP) is 5.84. The van der Waals surface area contributed by atoms with E-state index in [1.54, 1.807) is 4.57 Å². The highest BCUT2D eigenvalue weighted by Gasteiger charge is 2.31. The zero-order valence-corrected chi connectivity index (χ0v) is 23.9. The summed E-state index contributed by atoms with van der Waals surface area (Å²) in [6.45, 7) is 8.62. The highest BCUT2D eigenvalue weighted by atomic mass is 32.2. The summed E-state index contributed by atoms with van der Waals surface area (Å²) in [5.74, 6) is 0.113. The van der Waals surface area contributed by atoms with Crippen molar-refractivity contribution in [2.75, 3.05) is 5.75 Å². The van der Waals surface area contributed by atoms with Crippen molar-refractivity contribution in [3.63, 3.8) is 0 Å². The highest BCUT2D eigenvalue weighted by Crippen LogP contribution is 2.38. The highest BCUT2D eigenvalue weighted by molar-refractivity contribution is 7.99. The first-order valence-corrected chi connectivity index (χ1v) is 14.7. The number of thiophene rings is 1. The van der Waals surface area contributed by atoms with Crippen molar-refractivity contribution in [3.8, 4) is 5.69 Å². The molecule has 198 valence electrons. The molecule has 1 N–H and O–H groups in total. The largest absolute Gasteiger partial charge is 0.370 e. The number of fused-ring (bicyclic) bond motifs is 3. The zero-order chi connectivity index (χ0) is 26.9. The van der Waals surface area contributed by atoms with Crippen molar-refractivity contribution in [1.29, 1.82) is 0 Å². The second kappa shape index (κ2) is 11.0. The normalized spacial score (nSPS) is 15.3. The van der Waals surface area contributed by atoms with Crippen LogP contribution in [0.2, 0.25) is 0 Å². The quantitative estimate of drug-likeness (QED) is 0.222. The van der Waals surface area contributed by atoms with Crippen LogP contribution in [-0.2, 0) is 29.0 Å². The molecule has 2 aromatic heterocycles. The van der Waals surface area contributed by atoms with Crippen LogP contribution in [0.3, 0.4) is 0 Å². The van der Waals surface area contributed by atoms with Crippen LogP contribution in [0.1, 0.15) is 48.8 Å². The van der Waals surface area contributed by atoms with Gasteiger partial charge in [0.15, 0.2) is 5.16 Å². The third-order valence-electron chi connectivity index (χ3n) is 6.78. The monoisotopic (exact) mass is 547 g/mol. The fourth-order valence-corrected chi connectivity index (χ4v) is 6.78. The Labute approximate surface area is 231 Å². The first kappa shape index (κ1) is 26.7. The third-order valence-corrected chi connectivity index (χ3v) is 8.82. The molecule has 1 aliphatic rings. The van der Waals surface area contributed by atoms with Crippen LogP contribution in [-0.4, -0.2) is 32.9 Å². The first-order valence-electron chi connectivity index (χ1n) is 12.9. The van der Waals surface area contributed by atoms with Gasteiger partial charge < -0.3 is 10.1 Å². The van der Waals surface area contributed by atoms with Gasteiger partial charge in [0.2, 0.25) is 5.91 Å². The average Bonchev–Trinajstić information content (AvgIpc) is 3.23. The van der Waals surface area contributed by atoms with Gasteiger partial charge in [0.1, 0.15) is 4.83 Å². The van der Waals surface area contributed by atoms with Gasteiger partial charge in [0.05, 0.1) is 29.0 Å². The lowest BCUT2D eigenvalue weighted by molar-refractivity contribution is -0.119. The summed E-state index contributed by atoms with van der Waals surface area (Å²) >= 11 is 2.82. The number of nitrogens with one attached hydrogen (secondary N) is 1. The van der Waals surface area contributed by atoms with Gasteiger partial charge in [0.25, 0.3) is 5.56 Å². The first-order chi connectivity index (χ1) is 18.2. The Balaban J connectivity index is 1.40. The second-order valence-corrected chi connectivity index (χ2v) is 12.6. The minimum absolute atomic E-state index is 0.0464. The molecule has 4 aromatic rings. The maximum Gasteiger partial charge on any atom is 0.267 e. The summed E-state index contributed by atoms with van der Waals surface area (Å²) in [5, 5.41) is 4.30. The molecule has 0 spiro atoms. The van der Waals surface area contributed by atoms with Gasteiger partial charge >= 0.3 is 0 Å². The number of hydrogen-bond acceptors (Lipinski definition) is 6. The Hall–Kier alpha value is -2.94. The fourth-order valence-electron chi connectivity index (χ4n) is 4.81. The molecule has 1 aliphatic heterocycles. The zero-order valence-electron chi connectivity index (χ0n) is 22.2. The number of aryl methyl sites for hydroxylation is 2. The smallest absolute Gasteiger partial charge is 0.267 e. The van der Waals surface area contributed by atoms with Crippen LogP contribution in [0.4, 0.5) is 0 Å². The lowest BCUT2D eigenvalue weighted by Crippen LogP contribution is -2.34. The number of aromatic nitrogens is 2. The van der Waals surface area contributed by atoms with Crippen LogP contribution < -0.4 is 10.9 Å². The van der Waals surface area contributed by atoms with E-state index in [1.165, 1.54) is 28.7 Å². The number of amides is 1. The molecule has 6 nitrogen and oxygen atoms in total. The molecule has 0 radical (unpaired) electrons. The van der Waals surface area contributed by atoms with Crippen molar-refractivity contribution in [1.82, 2.24) is 14.9 Å². The van der Waals surface area contributed by atoms with Crippen molar-refractivity contribution in [2.45, 2.75) is 70.4 Å². The molecule has 1 atom stereocenters. The Bertz CT molecular complexity index is 1530. The van der Waals surface area contributed by atoms with E-state index in [0.717, 1.165) is 34.5 Å². The third kappa shape index (κ3) is 5.87. The van der Waals surface area contributed by atoms with E-state index in [0.29, 0.717) is 28.4 Å². The molecule has 5 rings (SSSR count). The minimum Gasteiger partial charge on any atom is -0.370 e. The minimum atomic E-state index is -0.329. The summed E-state index contributed by atoms with van der Waals surface area (Å²) in [7, 11) is 0. The Kier molecular flexibility index (Phi) is 7.75. The number of carbonyl (C=O) groups excluding carboxylic acids is 1. The van der Waals surface area contributed by atoms with Gasteiger partial charge in [-0.1, -0.05) is 54.2 Å². The fraction of sp³-hybridized carbons (Fsp3) is 0.367. The van der Waals surface area contributed by atoms with E-state index in [4.69, 9.17) is 9.72 Å². The van der Waals surface area contributed by atoms with Crippen LogP contribution in [0, 0.1) is 6.92 Å². The molecular weight excluding hydrogens is 514 g/mol. The molecule has 3 heterocycles. The number of hydrogen-bond donors (Lipinski definition) is 1. The molecular formula is C30H33N3O3S2. The number of benzene rings is 2. The standard InChI is InChI=1S/C30H33N3O3S2/c1-19-9-8-12-22(15-19)33-28(35)26-23-16-30(3,4)36-17-24(23)38-27(26)32-29(33)37-18-25(34)31-20(2)13-14-21-10-6-5-7-11-21/h5-12,15,20H,13-14,16-18H2,1-4H3,(H,31,34)/t20-/m0/s1. The maximum absolute atomic E-state index is 14.0. The van der Waals surface area contributed by atoms with Crippen molar-refractivity contribution in [2.24, 2.45) is 0 Å². The van der Waals surface area contributed by atoms with Gasteiger partial charge in [-0.25, -0.2) is 4.98 Å². The molecule has 0 fully saturated rings. The Morgan fingerprint density at radius 2 is 2.00 bits per heavy atom. The van der Waals surface area contributed by atoms with E-state index >= 15 is 0 Å². The summed E-state index contributed by atoms with van der Waals surface area (Å²) < 4.78 is 7.67. The van der Waals surface area contributed by atoms with E-state index in [-0.39, 0.29) is 28.9 Å². The average molecular weight is 548 g/mol.